The number of nitrogens with zero attached hydrogens (tertiary/aromatic N) is 5. The van der Waals surface area contributed by atoms with Crippen LogP contribution in [0.4, 0.5) is 8.78 Å². The maximum absolute atomic E-state index is 13.9. The van der Waals surface area contributed by atoms with Crippen LogP contribution in [0.2, 0.25) is 0 Å². The molecule has 0 bridgehead atoms. The highest BCUT2D eigenvalue weighted by molar-refractivity contribution is 5.84. The van der Waals surface area contributed by atoms with Crippen LogP contribution in [0.25, 0.3) is 11.0 Å². The van der Waals surface area contributed by atoms with Crippen LogP contribution in [0.5, 0.6) is 0 Å². The standard InChI is InChI=1S/C22H26F2N6O/c1-12(2)19(30-11-25-17-9-15(23)16(24)10-18(17)30)22(31)29-7-5-14(6-8-29)21-26-20(27-28-21)13-3-4-13/h9-14,19H,3-8H2,1-2H3,(H,26,27,28). The van der Waals surface area contributed by atoms with Crippen molar-refractivity contribution < 1.29 is 13.6 Å². The van der Waals surface area contributed by atoms with Crippen molar-refractivity contribution >= 4 is 16.9 Å². The first-order valence-corrected chi connectivity index (χ1v) is 10.9. The summed E-state index contributed by atoms with van der Waals surface area (Å²) in [6.45, 7) is 5.16. The van der Waals surface area contributed by atoms with E-state index in [2.05, 4.69) is 20.2 Å². The van der Waals surface area contributed by atoms with E-state index in [1.54, 1.807) is 4.57 Å². The fraction of sp³-hybridized carbons (Fsp3) is 0.545. The highest BCUT2D eigenvalue weighted by Crippen LogP contribution is 2.39. The molecule has 2 aliphatic rings. The second-order valence-electron chi connectivity index (χ2n) is 9.05. The average molecular weight is 428 g/mol. The van der Waals surface area contributed by atoms with Crippen molar-refractivity contribution in [1.82, 2.24) is 29.6 Å². The van der Waals surface area contributed by atoms with Gasteiger partial charge in [-0.3, -0.25) is 9.89 Å². The molecule has 1 amide bonds. The summed E-state index contributed by atoms with van der Waals surface area (Å²) in [5, 5.41) is 7.44. The minimum atomic E-state index is -0.942. The number of halogens is 2. The second kappa shape index (κ2) is 7.69. The van der Waals surface area contributed by atoms with Crippen LogP contribution in [0.1, 0.15) is 69.1 Å². The number of nitrogens with one attached hydrogen (secondary N) is 1. The van der Waals surface area contributed by atoms with E-state index in [1.807, 2.05) is 18.7 Å². The zero-order valence-electron chi connectivity index (χ0n) is 17.7. The van der Waals surface area contributed by atoms with Gasteiger partial charge in [-0.2, -0.15) is 5.10 Å². The molecule has 1 unspecified atom stereocenters. The number of benzene rings is 1. The Bertz CT molecular complexity index is 1110. The lowest BCUT2D eigenvalue weighted by Gasteiger charge is -2.35. The Morgan fingerprint density at radius 2 is 1.81 bits per heavy atom. The summed E-state index contributed by atoms with van der Waals surface area (Å²) in [7, 11) is 0. The molecule has 3 aromatic rings. The Kier molecular flexibility index (Phi) is 4.98. The molecular weight excluding hydrogens is 402 g/mol. The van der Waals surface area contributed by atoms with Crippen LogP contribution in [0.3, 0.4) is 0 Å². The fourth-order valence-electron chi connectivity index (χ4n) is 4.52. The Balaban J connectivity index is 1.32. The largest absolute Gasteiger partial charge is 0.341 e. The lowest BCUT2D eigenvalue weighted by Crippen LogP contribution is -2.43. The van der Waals surface area contributed by atoms with Crippen molar-refractivity contribution in [2.45, 2.75) is 57.4 Å². The molecule has 1 atom stereocenters. The van der Waals surface area contributed by atoms with Crippen LogP contribution in [-0.4, -0.2) is 48.6 Å². The molecule has 2 fully saturated rings. The highest BCUT2D eigenvalue weighted by atomic mass is 19.2. The maximum Gasteiger partial charge on any atom is 0.245 e. The zero-order valence-corrected chi connectivity index (χ0v) is 17.7. The Labute approximate surface area is 178 Å². The molecule has 5 rings (SSSR count). The molecule has 1 aliphatic carbocycles. The third kappa shape index (κ3) is 3.70. The topological polar surface area (TPSA) is 79.7 Å². The van der Waals surface area contributed by atoms with Gasteiger partial charge in [-0.1, -0.05) is 13.8 Å². The molecular formula is C22H26F2N6O. The van der Waals surface area contributed by atoms with Gasteiger partial charge in [0.2, 0.25) is 5.91 Å². The zero-order chi connectivity index (χ0) is 21.7. The van der Waals surface area contributed by atoms with Crippen molar-refractivity contribution in [3.05, 3.63) is 41.7 Å². The van der Waals surface area contributed by atoms with Crippen molar-refractivity contribution in [1.29, 1.82) is 0 Å². The number of imidazole rings is 1. The van der Waals surface area contributed by atoms with Crippen LogP contribution in [0.15, 0.2) is 18.5 Å². The summed E-state index contributed by atoms with van der Waals surface area (Å²) in [6, 6.07) is 1.66. The Hall–Kier alpha value is -2.84. The normalized spacial score (nSPS) is 18.8. The smallest absolute Gasteiger partial charge is 0.245 e. The number of fused-ring (bicyclic) bond motifs is 1. The summed E-state index contributed by atoms with van der Waals surface area (Å²) in [5.41, 5.74) is 0.767. The Morgan fingerprint density at radius 3 is 2.48 bits per heavy atom. The average Bonchev–Trinajstić information content (AvgIpc) is 3.36. The first-order valence-electron chi connectivity index (χ1n) is 10.9. The maximum atomic E-state index is 13.9. The van der Waals surface area contributed by atoms with Crippen molar-refractivity contribution in [2.75, 3.05) is 13.1 Å². The molecule has 1 N–H and O–H groups in total. The molecule has 1 saturated heterocycles. The van der Waals surface area contributed by atoms with E-state index < -0.39 is 17.7 Å². The molecule has 2 aromatic heterocycles. The lowest BCUT2D eigenvalue weighted by atomic mass is 9.94. The molecule has 1 aromatic carbocycles. The van der Waals surface area contributed by atoms with E-state index in [0.717, 1.165) is 36.6 Å². The van der Waals surface area contributed by atoms with Gasteiger partial charge in [-0.05, 0) is 31.6 Å². The number of aromatic nitrogens is 5. The molecule has 0 spiro atoms. The molecule has 1 saturated carbocycles. The number of aromatic amines is 1. The van der Waals surface area contributed by atoms with E-state index in [-0.39, 0.29) is 17.7 Å². The number of rotatable bonds is 5. The van der Waals surface area contributed by atoms with Crippen LogP contribution in [-0.2, 0) is 4.79 Å². The number of likely N-dealkylation sites (tertiary alicyclic amines) is 1. The van der Waals surface area contributed by atoms with Gasteiger partial charge < -0.3 is 9.47 Å². The van der Waals surface area contributed by atoms with Gasteiger partial charge >= 0.3 is 0 Å². The number of carbonyl (C=O) groups excluding carboxylic acids is 1. The van der Waals surface area contributed by atoms with Gasteiger partial charge in [-0.15, -0.1) is 0 Å². The fourth-order valence-corrected chi connectivity index (χ4v) is 4.52. The molecule has 164 valence electrons. The number of H-pyrrole nitrogens is 1. The van der Waals surface area contributed by atoms with Crippen molar-refractivity contribution in [3.63, 3.8) is 0 Å². The first kappa shape index (κ1) is 20.1. The predicted molar refractivity (Wildman–Crippen MR) is 110 cm³/mol. The molecule has 0 radical (unpaired) electrons. The minimum Gasteiger partial charge on any atom is -0.341 e. The van der Waals surface area contributed by atoms with Gasteiger partial charge in [0.1, 0.15) is 11.9 Å². The van der Waals surface area contributed by atoms with Gasteiger partial charge in [-0.25, -0.2) is 18.7 Å². The second-order valence-corrected chi connectivity index (χ2v) is 9.05. The van der Waals surface area contributed by atoms with Crippen LogP contribution in [0, 0.1) is 17.6 Å². The molecule has 31 heavy (non-hydrogen) atoms. The monoisotopic (exact) mass is 428 g/mol. The molecule has 7 nitrogen and oxygen atoms in total. The van der Waals surface area contributed by atoms with E-state index in [9.17, 15) is 13.6 Å². The predicted octanol–water partition coefficient (Wildman–Crippen LogP) is 3.91. The van der Waals surface area contributed by atoms with E-state index >= 15 is 0 Å². The van der Waals surface area contributed by atoms with Gasteiger partial charge in [0.15, 0.2) is 17.5 Å². The molecule has 1 aliphatic heterocycles. The number of amides is 1. The first-order chi connectivity index (χ1) is 14.9. The minimum absolute atomic E-state index is 0.0197. The SMILES string of the molecule is CC(C)C(C(=O)N1CCC(c2nc(C3CC3)n[nH]2)CC1)n1cnc2cc(F)c(F)cc21. The summed E-state index contributed by atoms with van der Waals surface area (Å²) >= 11 is 0. The number of piperidine rings is 1. The third-order valence-corrected chi connectivity index (χ3v) is 6.46. The van der Waals surface area contributed by atoms with E-state index in [0.29, 0.717) is 30.0 Å². The van der Waals surface area contributed by atoms with Gasteiger partial charge in [0.05, 0.1) is 17.4 Å². The Morgan fingerprint density at radius 1 is 1.10 bits per heavy atom. The highest BCUT2D eigenvalue weighted by Gasteiger charge is 2.34. The van der Waals surface area contributed by atoms with Gasteiger partial charge in [0.25, 0.3) is 0 Å². The summed E-state index contributed by atoms with van der Waals surface area (Å²) in [5.74, 6) is 0.693. The number of hydrogen-bond acceptors (Lipinski definition) is 4. The molecule has 3 heterocycles. The lowest BCUT2D eigenvalue weighted by molar-refractivity contribution is -0.137. The van der Waals surface area contributed by atoms with E-state index in [4.69, 9.17) is 0 Å². The molecule has 9 heteroatoms. The van der Waals surface area contributed by atoms with Crippen LogP contribution < -0.4 is 0 Å². The van der Waals surface area contributed by atoms with Crippen LogP contribution >= 0.6 is 0 Å². The summed E-state index contributed by atoms with van der Waals surface area (Å²) in [6.07, 6.45) is 5.48. The summed E-state index contributed by atoms with van der Waals surface area (Å²) in [4.78, 5) is 24.2. The quantitative estimate of drug-likeness (QED) is 0.668. The number of carbonyl (C=O) groups is 1. The van der Waals surface area contributed by atoms with Crippen molar-refractivity contribution in [2.24, 2.45) is 5.92 Å². The number of hydrogen-bond donors (Lipinski definition) is 1. The van der Waals surface area contributed by atoms with Crippen molar-refractivity contribution in [3.8, 4) is 0 Å². The third-order valence-electron chi connectivity index (χ3n) is 6.46. The van der Waals surface area contributed by atoms with Gasteiger partial charge in [0, 0.05) is 37.1 Å². The summed E-state index contributed by atoms with van der Waals surface area (Å²) < 4.78 is 29.1. The van der Waals surface area contributed by atoms with E-state index in [1.165, 1.54) is 19.2 Å².